The second-order valence-corrected chi connectivity index (χ2v) is 11.1. The molecule has 2 saturated heterocycles. The summed E-state index contributed by atoms with van der Waals surface area (Å²) < 4.78 is 5.69. The number of hydrogen-bond acceptors (Lipinski definition) is 8. The van der Waals surface area contributed by atoms with E-state index < -0.39 is 11.8 Å². The second kappa shape index (κ2) is 13.5. The van der Waals surface area contributed by atoms with Gasteiger partial charge in [-0.3, -0.25) is 19.2 Å². The lowest BCUT2D eigenvalue weighted by Crippen LogP contribution is -2.49. The molecule has 11 heteroatoms. The van der Waals surface area contributed by atoms with Crippen LogP contribution in [0.1, 0.15) is 58.6 Å². The van der Waals surface area contributed by atoms with Crippen molar-refractivity contribution >= 4 is 40.2 Å². The van der Waals surface area contributed by atoms with E-state index >= 15 is 0 Å². The quantitative estimate of drug-likeness (QED) is 0.192. The first-order valence-electron chi connectivity index (χ1n) is 14.9. The largest absolute Gasteiger partial charge is 0.461 e. The predicted molar refractivity (Wildman–Crippen MR) is 165 cm³/mol. The minimum absolute atomic E-state index is 0.00171. The van der Waals surface area contributed by atoms with Gasteiger partial charge in [-0.15, -0.1) is 0 Å². The average Bonchev–Trinajstić information content (AvgIpc) is 3.67. The molecule has 0 spiro atoms. The van der Waals surface area contributed by atoms with E-state index in [-0.39, 0.29) is 41.2 Å². The smallest absolute Gasteiger partial charge is 0.251 e. The van der Waals surface area contributed by atoms with E-state index in [1.807, 2.05) is 25.1 Å². The zero-order valence-corrected chi connectivity index (χ0v) is 24.9. The molecule has 2 aliphatic rings. The number of fused-ring (bicyclic) bond motifs is 1. The molecule has 44 heavy (non-hydrogen) atoms. The van der Waals surface area contributed by atoms with Crippen molar-refractivity contribution < 1.29 is 23.6 Å². The van der Waals surface area contributed by atoms with Gasteiger partial charge in [-0.2, -0.15) is 5.26 Å². The van der Waals surface area contributed by atoms with E-state index in [9.17, 15) is 24.4 Å². The van der Waals surface area contributed by atoms with Crippen LogP contribution in [-0.4, -0.2) is 72.6 Å². The van der Waals surface area contributed by atoms with Gasteiger partial charge >= 0.3 is 0 Å². The van der Waals surface area contributed by atoms with E-state index in [0.717, 1.165) is 36.8 Å². The fraction of sp³-hybridized carbons (Fsp3) is 0.364. The first-order valence-corrected chi connectivity index (χ1v) is 14.9. The molecule has 0 bridgehead atoms. The number of anilines is 1. The van der Waals surface area contributed by atoms with Crippen LogP contribution in [0.2, 0.25) is 0 Å². The van der Waals surface area contributed by atoms with Crippen LogP contribution < -0.4 is 16.0 Å². The van der Waals surface area contributed by atoms with Crippen molar-refractivity contribution in [2.24, 2.45) is 0 Å². The Labute approximate surface area is 255 Å². The lowest BCUT2D eigenvalue weighted by atomic mass is 10.0. The highest BCUT2D eigenvalue weighted by Gasteiger charge is 2.32. The van der Waals surface area contributed by atoms with Gasteiger partial charge in [-0.25, -0.2) is 0 Å². The fourth-order valence-corrected chi connectivity index (χ4v) is 5.65. The third kappa shape index (κ3) is 6.75. The van der Waals surface area contributed by atoms with E-state index in [0.29, 0.717) is 42.9 Å². The van der Waals surface area contributed by atoms with Crippen LogP contribution in [0.3, 0.4) is 0 Å². The molecule has 2 aliphatic heterocycles. The molecule has 1 atom stereocenters. The molecule has 3 aromatic rings. The summed E-state index contributed by atoms with van der Waals surface area (Å²) in [4.78, 5) is 55.7. The van der Waals surface area contributed by atoms with Gasteiger partial charge in [0.25, 0.3) is 5.91 Å². The molecule has 0 aliphatic carbocycles. The fourth-order valence-electron chi connectivity index (χ4n) is 5.65. The number of nitrogens with zero attached hydrogens (tertiary/aromatic N) is 3. The van der Waals surface area contributed by atoms with Crippen LogP contribution in [0.4, 0.5) is 5.69 Å². The Kier molecular flexibility index (Phi) is 9.29. The third-order valence-corrected chi connectivity index (χ3v) is 8.02. The summed E-state index contributed by atoms with van der Waals surface area (Å²) in [6.07, 6.45) is 3.86. The number of likely N-dealkylation sites (tertiary alicyclic amines) is 2. The monoisotopic (exact) mass is 596 g/mol. The molecule has 0 radical (unpaired) electrons. The van der Waals surface area contributed by atoms with Crippen LogP contribution in [0, 0.1) is 18.3 Å². The number of Topliss-reactive ketones (excluding diaryl/α,β-unsaturated/α-hetero) is 1. The molecule has 5 rings (SSSR count). The van der Waals surface area contributed by atoms with Gasteiger partial charge in [0.2, 0.25) is 17.6 Å². The van der Waals surface area contributed by atoms with Gasteiger partial charge in [0.15, 0.2) is 0 Å². The Bertz CT molecular complexity index is 1640. The molecule has 3 heterocycles. The highest BCUT2D eigenvalue weighted by atomic mass is 16.3. The van der Waals surface area contributed by atoms with E-state index in [1.54, 1.807) is 21.9 Å². The maximum atomic E-state index is 13.8. The van der Waals surface area contributed by atoms with Crippen molar-refractivity contribution in [2.75, 3.05) is 38.5 Å². The third-order valence-electron chi connectivity index (χ3n) is 8.02. The van der Waals surface area contributed by atoms with E-state index in [1.165, 1.54) is 31.3 Å². The van der Waals surface area contributed by atoms with E-state index in [4.69, 9.17) is 4.42 Å². The summed E-state index contributed by atoms with van der Waals surface area (Å²) in [6, 6.07) is 14.5. The van der Waals surface area contributed by atoms with Crippen molar-refractivity contribution in [1.29, 1.82) is 5.26 Å². The summed E-state index contributed by atoms with van der Waals surface area (Å²) in [5, 5.41) is 20.0. The Morgan fingerprint density at radius 1 is 0.977 bits per heavy atom. The molecular formula is C33H36N6O5. The standard InChI is InChI=1S/C33H36N6O5/c1-21-17-24-18-25(12-13-28(24)44-21)36-31(26(19-34)30(41)22-8-10-23(11-9-22)32(42)35-2)37-27-7-3-4-16-39(33(27)43)20-29(40)38-14-5-6-15-38/h8-13,17-18,27,36-37H,3-7,14-16,20H2,1-2H3,(H,35,42)/b31-26-/t27-/m0/s1. The molecular weight excluding hydrogens is 560 g/mol. The van der Waals surface area contributed by atoms with Crippen molar-refractivity contribution in [3.8, 4) is 6.07 Å². The lowest BCUT2D eigenvalue weighted by molar-refractivity contribution is -0.140. The molecule has 2 fully saturated rings. The van der Waals surface area contributed by atoms with Gasteiger partial charge in [-0.05, 0) is 75.4 Å². The Morgan fingerprint density at radius 3 is 2.39 bits per heavy atom. The Morgan fingerprint density at radius 2 is 1.68 bits per heavy atom. The number of aryl methyl sites for hydroxylation is 1. The maximum absolute atomic E-state index is 13.8. The summed E-state index contributed by atoms with van der Waals surface area (Å²) >= 11 is 0. The van der Waals surface area contributed by atoms with Crippen molar-refractivity contribution in [3.05, 3.63) is 76.8 Å². The van der Waals surface area contributed by atoms with Gasteiger partial charge in [0.1, 0.15) is 34.8 Å². The Balaban J connectivity index is 1.47. The van der Waals surface area contributed by atoms with Crippen LogP contribution in [-0.2, 0) is 9.59 Å². The van der Waals surface area contributed by atoms with Gasteiger partial charge in [0, 0.05) is 48.9 Å². The zero-order chi connectivity index (χ0) is 31.2. The van der Waals surface area contributed by atoms with Gasteiger partial charge in [-0.1, -0.05) is 12.1 Å². The molecule has 3 amide bonds. The maximum Gasteiger partial charge on any atom is 0.251 e. The number of amides is 3. The van der Waals surface area contributed by atoms with Crippen molar-refractivity contribution in [3.63, 3.8) is 0 Å². The number of furan rings is 1. The molecule has 3 N–H and O–H groups in total. The van der Waals surface area contributed by atoms with Gasteiger partial charge < -0.3 is 30.2 Å². The number of rotatable bonds is 9. The van der Waals surface area contributed by atoms with Crippen molar-refractivity contribution in [1.82, 2.24) is 20.4 Å². The van der Waals surface area contributed by atoms with Crippen LogP contribution >= 0.6 is 0 Å². The molecule has 1 aromatic heterocycles. The van der Waals surface area contributed by atoms with E-state index in [2.05, 4.69) is 16.0 Å². The number of hydrogen-bond donors (Lipinski definition) is 3. The number of nitrogens with one attached hydrogen (secondary N) is 3. The summed E-state index contributed by atoms with van der Waals surface area (Å²) in [5.41, 5.74) is 1.63. The first-order chi connectivity index (χ1) is 21.3. The topological polar surface area (TPSA) is 148 Å². The molecule has 228 valence electrons. The SMILES string of the molecule is CNC(=O)c1ccc(C(=O)/C(C#N)=C(/Nc2ccc3oc(C)cc3c2)N[C@H]2CCCCN(CC(=O)N3CCCC3)C2=O)cc1. The number of benzene rings is 2. The Hall–Kier alpha value is -5.11. The highest BCUT2D eigenvalue weighted by Crippen LogP contribution is 2.25. The highest BCUT2D eigenvalue weighted by molar-refractivity contribution is 6.12. The number of ketones is 1. The zero-order valence-electron chi connectivity index (χ0n) is 24.9. The van der Waals surface area contributed by atoms with Crippen molar-refractivity contribution in [2.45, 2.75) is 45.1 Å². The number of allylic oxidation sites excluding steroid dienone is 1. The second-order valence-electron chi connectivity index (χ2n) is 11.1. The normalized spacial score (nSPS) is 17.5. The lowest BCUT2D eigenvalue weighted by Gasteiger charge is -2.28. The number of carbonyl (C=O) groups excluding carboxylic acids is 4. The van der Waals surface area contributed by atoms with Crippen LogP contribution in [0.5, 0.6) is 0 Å². The first kappa shape index (κ1) is 30.4. The summed E-state index contributed by atoms with van der Waals surface area (Å²) in [5.74, 6) is -0.371. The summed E-state index contributed by atoms with van der Waals surface area (Å²) in [6.45, 7) is 3.72. The van der Waals surface area contributed by atoms with Crippen LogP contribution in [0.25, 0.3) is 11.0 Å². The molecule has 11 nitrogen and oxygen atoms in total. The average molecular weight is 597 g/mol. The number of nitriles is 1. The minimum Gasteiger partial charge on any atom is -0.461 e. The summed E-state index contributed by atoms with van der Waals surface area (Å²) in [7, 11) is 1.52. The van der Waals surface area contributed by atoms with Gasteiger partial charge in [0.05, 0.1) is 6.54 Å². The number of carbonyl (C=O) groups is 4. The molecule has 0 unspecified atom stereocenters. The molecule has 2 aromatic carbocycles. The minimum atomic E-state index is -0.766. The predicted octanol–water partition coefficient (Wildman–Crippen LogP) is 3.72. The van der Waals surface area contributed by atoms with Crippen LogP contribution in [0.15, 0.2) is 64.3 Å². The molecule has 0 saturated carbocycles.